The normalized spacial score (nSPS) is 11.6. The van der Waals surface area contributed by atoms with Gasteiger partial charge in [-0.15, -0.1) is 5.10 Å². The van der Waals surface area contributed by atoms with E-state index in [1.54, 1.807) is 36.4 Å². The van der Waals surface area contributed by atoms with Crippen molar-refractivity contribution in [3.05, 3.63) is 95.6 Å². The summed E-state index contributed by atoms with van der Waals surface area (Å²) in [5.41, 5.74) is 1.92. The molecule has 3 rings (SSSR count). The predicted octanol–water partition coefficient (Wildman–Crippen LogP) is 4.89. The summed E-state index contributed by atoms with van der Waals surface area (Å²) >= 11 is 0. The van der Waals surface area contributed by atoms with Crippen LogP contribution in [0.25, 0.3) is 0 Å². The Morgan fingerprint density at radius 2 is 1.62 bits per heavy atom. The molecule has 0 heterocycles. The molecular formula is C24H22N2O3. The fourth-order valence-corrected chi connectivity index (χ4v) is 2.65. The third kappa shape index (κ3) is 5.39. The van der Waals surface area contributed by atoms with Gasteiger partial charge in [0.05, 0.1) is 12.8 Å². The Morgan fingerprint density at radius 3 is 2.24 bits per heavy atom. The highest BCUT2D eigenvalue weighted by atomic mass is 16.5. The van der Waals surface area contributed by atoms with Gasteiger partial charge in [0.2, 0.25) is 5.78 Å². The van der Waals surface area contributed by atoms with Gasteiger partial charge in [0.1, 0.15) is 17.2 Å². The standard InChI is InChI=1S/C24H22N2O3/c1-2-15-29-21-14-13-20(22(27)16-21)17-25-26-23(18-9-5-3-6-10-18)24(28)19-11-7-4-8-12-19/h3-14,16-17,27H,2,15H2,1H3/b25-17+,26-23?. The molecular weight excluding hydrogens is 364 g/mol. The van der Waals surface area contributed by atoms with E-state index >= 15 is 0 Å². The Morgan fingerprint density at radius 1 is 0.966 bits per heavy atom. The first-order chi connectivity index (χ1) is 14.2. The Hall–Kier alpha value is -3.73. The van der Waals surface area contributed by atoms with Gasteiger partial charge in [-0.3, -0.25) is 4.79 Å². The van der Waals surface area contributed by atoms with Crippen molar-refractivity contribution < 1.29 is 14.6 Å². The third-order valence-corrected chi connectivity index (χ3v) is 4.13. The van der Waals surface area contributed by atoms with Gasteiger partial charge in [0.15, 0.2) is 0 Å². The number of Topliss-reactive ketones (excluding diaryl/α,β-unsaturated/α-hetero) is 1. The van der Waals surface area contributed by atoms with Gasteiger partial charge in [-0.05, 0) is 18.6 Å². The molecule has 5 heteroatoms. The minimum absolute atomic E-state index is 0.0354. The number of benzene rings is 3. The van der Waals surface area contributed by atoms with Crippen LogP contribution in [0.2, 0.25) is 0 Å². The number of ether oxygens (including phenoxy) is 1. The molecule has 0 aliphatic rings. The molecule has 0 radical (unpaired) electrons. The lowest BCUT2D eigenvalue weighted by Gasteiger charge is -2.06. The van der Waals surface area contributed by atoms with E-state index in [9.17, 15) is 9.90 Å². The van der Waals surface area contributed by atoms with Gasteiger partial charge >= 0.3 is 0 Å². The monoisotopic (exact) mass is 386 g/mol. The molecule has 0 aliphatic heterocycles. The topological polar surface area (TPSA) is 71.2 Å². The number of carbonyl (C=O) groups is 1. The second-order valence-electron chi connectivity index (χ2n) is 6.32. The molecule has 0 atom stereocenters. The molecule has 0 aliphatic carbocycles. The molecule has 0 spiro atoms. The number of hydrogen-bond acceptors (Lipinski definition) is 5. The molecule has 3 aromatic carbocycles. The summed E-state index contributed by atoms with van der Waals surface area (Å²) in [6, 6.07) is 23.1. The summed E-state index contributed by atoms with van der Waals surface area (Å²) in [5.74, 6) is 0.406. The number of hydrogen-bond donors (Lipinski definition) is 1. The van der Waals surface area contributed by atoms with E-state index in [0.29, 0.717) is 29.0 Å². The van der Waals surface area contributed by atoms with Crippen LogP contribution in [0, 0.1) is 0 Å². The van der Waals surface area contributed by atoms with Gasteiger partial charge in [0.25, 0.3) is 0 Å². The number of phenols is 1. The lowest BCUT2D eigenvalue weighted by atomic mass is 10.0. The number of rotatable bonds is 8. The molecule has 1 N–H and O–H groups in total. The summed E-state index contributed by atoms with van der Waals surface area (Å²) in [6.45, 7) is 2.60. The van der Waals surface area contributed by atoms with Crippen molar-refractivity contribution in [2.75, 3.05) is 6.61 Å². The number of nitrogens with zero attached hydrogens (tertiary/aromatic N) is 2. The fraction of sp³-hybridized carbons (Fsp3) is 0.125. The minimum atomic E-state index is -0.221. The van der Waals surface area contributed by atoms with Crippen LogP contribution in [0.1, 0.15) is 34.8 Å². The number of phenolic OH excluding ortho intramolecular Hbond substituents is 1. The van der Waals surface area contributed by atoms with Crippen molar-refractivity contribution in [3.63, 3.8) is 0 Å². The molecule has 0 saturated heterocycles. The largest absolute Gasteiger partial charge is 0.507 e. The molecule has 0 saturated carbocycles. The number of carbonyl (C=O) groups excluding carboxylic acids is 1. The van der Waals surface area contributed by atoms with Gasteiger partial charge < -0.3 is 9.84 Å². The molecule has 146 valence electrons. The second-order valence-corrected chi connectivity index (χ2v) is 6.32. The first kappa shape index (κ1) is 20.0. The summed E-state index contributed by atoms with van der Waals surface area (Å²) in [6.07, 6.45) is 2.30. The van der Waals surface area contributed by atoms with E-state index in [1.165, 1.54) is 12.3 Å². The lowest BCUT2D eigenvalue weighted by Crippen LogP contribution is -2.15. The Balaban J connectivity index is 1.88. The number of aromatic hydroxyl groups is 1. The van der Waals surface area contributed by atoms with Gasteiger partial charge in [-0.25, -0.2) is 0 Å². The zero-order chi connectivity index (χ0) is 20.5. The molecule has 0 amide bonds. The first-order valence-electron chi connectivity index (χ1n) is 9.41. The van der Waals surface area contributed by atoms with Crippen molar-refractivity contribution >= 4 is 17.7 Å². The van der Waals surface area contributed by atoms with Gasteiger partial charge in [-0.1, -0.05) is 67.6 Å². The Kier molecular flexibility index (Phi) is 6.90. The molecule has 0 bridgehead atoms. The zero-order valence-corrected chi connectivity index (χ0v) is 16.2. The smallest absolute Gasteiger partial charge is 0.213 e. The molecule has 29 heavy (non-hydrogen) atoms. The molecule has 0 unspecified atom stereocenters. The fourth-order valence-electron chi connectivity index (χ4n) is 2.65. The van der Waals surface area contributed by atoms with Crippen molar-refractivity contribution in [1.29, 1.82) is 0 Å². The predicted molar refractivity (Wildman–Crippen MR) is 115 cm³/mol. The highest BCUT2D eigenvalue weighted by Gasteiger charge is 2.16. The third-order valence-electron chi connectivity index (χ3n) is 4.13. The van der Waals surface area contributed by atoms with Crippen LogP contribution in [0.3, 0.4) is 0 Å². The zero-order valence-electron chi connectivity index (χ0n) is 16.2. The van der Waals surface area contributed by atoms with E-state index in [1.807, 2.05) is 43.3 Å². The molecule has 5 nitrogen and oxygen atoms in total. The molecule has 3 aromatic rings. The molecule has 0 aromatic heterocycles. The van der Waals surface area contributed by atoms with Gasteiger partial charge in [-0.2, -0.15) is 5.10 Å². The van der Waals surface area contributed by atoms with Crippen LogP contribution in [-0.2, 0) is 0 Å². The van der Waals surface area contributed by atoms with Crippen LogP contribution in [0.15, 0.2) is 89.1 Å². The summed E-state index contributed by atoms with van der Waals surface area (Å²) in [7, 11) is 0. The van der Waals surface area contributed by atoms with E-state index in [2.05, 4.69) is 10.2 Å². The highest BCUT2D eigenvalue weighted by Crippen LogP contribution is 2.22. The number of ketones is 1. The van der Waals surface area contributed by atoms with E-state index < -0.39 is 0 Å². The van der Waals surface area contributed by atoms with Crippen LogP contribution in [0.5, 0.6) is 11.5 Å². The maximum Gasteiger partial charge on any atom is 0.213 e. The van der Waals surface area contributed by atoms with Crippen LogP contribution >= 0.6 is 0 Å². The average molecular weight is 386 g/mol. The SMILES string of the molecule is CCCOc1ccc(/C=N/N=C(C(=O)c2ccccc2)c2ccccc2)c(O)c1. The van der Waals surface area contributed by atoms with Crippen molar-refractivity contribution in [2.45, 2.75) is 13.3 Å². The lowest BCUT2D eigenvalue weighted by molar-refractivity contribution is 0.106. The van der Waals surface area contributed by atoms with E-state index in [4.69, 9.17) is 4.74 Å². The Labute approximate surface area is 170 Å². The highest BCUT2D eigenvalue weighted by molar-refractivity contribution is 6.51. The Bertz CT molecular complexity index is 1010. The van der Waals surface area contributed by atoms with Crippen LogP contribution < -0.4 is 4.74 Å². The van der Waals surface area contributed by atoms with E-state index in [0.717, 1.165) is 6.42 Å². The minimum Gasteiger partial charge on any atom is -0.507 e. The van der Waals surface area contributed by atoms with Gasteiger partial charge in [0, 0.05) is 22.8 Å². The summed E-state index contributed by atoms with van der Waals surface area (Å²) in [5, 5.41) is 18.4. The van der Waals surface area contributed by atoms with Crippen molar-refractivity contribution in [1.82, 2.24) is 0 Å². The molecule has 0 fully saturated rings. The van der Waals surface area contributed by atoms with Crippen molar-refractivity contribution in [3.8, 4) is 11.5 Å². The maximum absolute atomic E-state index is 12.9. The van der Waals surface area contributed by atoms with Crippen molar-refractivity contribution in [2.24, 2.45) is 10.2 Å². The quantitative estimate of drug-likeness (QED) is 0.340. The summed E-state index contributed by atoms with van der Waals surface area (Å²) < 4.78 is 5.50. The van der Waals surface area contributed by atoms with Crippen LogP contribution in [-0.4, -0.2) is 29.4 Å². The van der Waals surface area contributed by atoms with Crippen LogP contribution in [0.4, 0.5) is 0 Å². The van der Waals surface area contributed by atoms with E-state index in [-0.39, 0.29) is 17.2 Å². The second kappa shape index (κ2) is 9.99. The first-order valence-corrected chi connectivity index (χ1v) is 9.41. The average Bonchev–Trinajstić information content (AvgIpc) is 2.77. The summed E-state index contributed by atoms with van der Waals surface area (Å²) in [4.78, 5) is 12.9. The maximum atomic E-state index is 12.9.